The SMILES string of the molecule is CC(=N)N.CC(=NC(=O)OC(C)(C)C)NC(=O)OC(C)(C)C.CC(C)(C)OC(=O)NC(=NCCCN=[N+]=[N-])NC(=O)OC(C)(C)C.CSC(=NC(=O)OC(C)(C)C)NC(=O)OC(C)(C)C. The number of nitrogens with one attached hydrogen (secondary N) is 5. The standard InChI is InChI=1S/C14H26N6O4.C12H22N2O4S.C12H22N2O4.C2H6N2/c1-13(2,3)23-11(21)18-10(16-8-7-9-17-20-15)19-12(22)24-14(4,5)6;1-11(2,3)17-9(15)13-8(19-7)14-10(16)18-12(4,5)6;1-8(13-9(15)17-11(2,3)4)14-10(16)18-12(5,6)7;1-2(3)4/h7-9H2,1-6H3,(H2,16,18,19,21,22);1-7H3,(H,13,14,15,16);1-7H3,(H,13,14,15,16);1H3,(H3,3,4). The second-order valence-corrected chi connectivity index (χ2v) is 19.8. The molecule has 0 spiro atoms. The Balaban J connectivity index is -0.000000416. The largest absolute Gasteiger partial charge is 0.444 e. The van der Waals surface area contributed by atoms with Gasteiger partial charge in [-0.25, -0.2) is 28.8 Å². The molecule has 0 atom stereocenters. The van der Waals surface area contributed by atoms with Crippen molar-refractivity contribution in [2.75, 3.05) is 19.3 Å². The van der Waals surface area contributed by atoms with Gasteiger partial charge >= 0.3 is 36.6 Å². The molecule has 0 radical (unpaired) electrons. The van der Waals surface area contributed by atoms with Crippen LogP contribution in [0.2, 0.25) is 0 Å². The Labute approximate surface area is 388 Å². The van der Waals surface area contributed by atoms with Crippen LogP contribution in [0.1, 0.15) is 145 Å². The average molecular weight is 949 g/mol. The summed E-state index contributed by atoms with van der Waals surface area (Å²) in [6.45, 7) is 34.7. The number of carbonyl (C=O) groups excluding carboxylic acids is 6. The zero-order valence-electron chi connectivity index (χ0n) is 42.2. The average Bonchev–Trinajstić information content (AvgIpc) is 2.98. The number of thioether (sulfide) groups is 1. The third-order valence-electron chi connectivity index (χ3n) is 4.71. The van der Waals surface area contributed by atoms with Crippen LogP contribution in [0.15, 0.2) is 20.1 Å². The molecule has 0 aliphatic heterocycles. The number of nitrogens with two attached hydrogens (primary N) is 1. The van der Waals surface area contributed by atoms with Crippen LogP contribution in [-0.2, 0) is 28.4 Å². The number of alkyl carbamates (subject to hydrolysis) is 4. The highest BCUT2D eigenvalue weighted by molar-refractivity contribution is 8.13. The molecule has 0 saturated carbocycles. The molecule has 0 aliphatic carbocycles. The van der Waals surface area contributed by atoms with Crippen LogP contribution in [-0.4, -0.2) is 112 Å². The number of carbonyl (C=O) groups is 6. The minimum absolute atomic E-state index is 0.0977. The minimum Gasteiger partial charge on any atom is -0.444 e. The molecule has 0 fully saturated rings. The van der Waals surface area contributed by atoms with Crippen LogP contribution in [0.4, 0.5) is 28.8 Å². The molecule has 7 N–H and O–H groups in total. The van der Waals surface area contributed by atoms with Gasteiger partial charge in [0, 0.05) is 18.0 Å². The van der Waals surface area contributed by atoms with Crippen molar-refractivity contribution in [3.8, 4) is 0 Å². The van der Waals surface area contributed by atoms with Gasteiger partial charge in [-0.05, 0) is 157 Å². The van der Waals surface area contributed by atoms with E-state index in [1.807, 2.05) is 0 Å². The van der Waals surface area contributed by atoms with Crippen molar-refractivity contribution in [3.05, 3.63) is 10.4 Å². The number of amides is 6. The number of ether oxygens (including phenoxy) is 6. The molecule has 0 bridgehead atoms. The van der Waals surface area contributed by atoms with Crippen LogP contribution in [0.3, 0.4) is 0 Å². The first kappa shape index (κ1) is 65.8. The predicted molar refractivity (Wildman–Crippen MR) is 253 cm³/mol. The Morgan fingerprint density at radius 1 is 0.554 bits per heavy atom. The van der Waals surface area contributed by atoms with E-state index in [9.17, 15) is 28.8 Å². The lowest BCUT2D eigenvalue weighted by atomic mass is 10.2. The van der Waals surface area contributed by atoms with Gasteiger partial charge in [-0.2, -0.15) is 9.98 Å². The van der Waals surface area contributed by atoms with Crippen molar-refractivity contribution in [2.24, 2.45) is 25.8 Å². The molecule has 65 heavy (non-hydrogen) atoms. The highest BCUT2D eigenvalue weighted by Gasteiger charge is 2.23. The molecule has 24 nitrogen and oxygen atoms in total. The fourth-order valence-electron chi connectivity index (χ4n) is 3.07. The third kappa shape index (κ3) is 56.1. The highest BCUT2D eigenvalue weighted by atomic mass is 32.2. The number of nitrogens with zero attached hydrogens (tertiary/aromatic N) is 6. The van der Waals surface area contributed by atoms with Gasteiger partial charge in [0.15, 0.2) is 5.17 Å². The zero-order chi connectivity index (χ0) is 52.2. The summed E-state index contributed by atoms with van der Waals surface area (Å²) in [6, 6.07) is 0. The van der Waals surface area contributed by atoms with Gasteiger partial charge in [0.05, 0.1) is 5.84 Å². The first-order valence-corrected chi connectivity index (χ1v) is 21.2. The second kappa shape index (κ2) is 30.3. The zero-order valence-corrected chi connectivity index (χ0v) is 43.0. The lowest BCUT2D eigenvalue weighted by Crippen LogP contribution is -2.47. The number of amidine groups is 3. The van der Waals surface area contributed by atoms with Crippen LogP contribution < -0.4 is 27.0 Å². The van der Waals surface area contributed by atoms with Crippen molar-refractivity contribution in [3.63, 3.8) is 0 Å². The summed E-state index contributed by atoms with van der Waals surface area (Å²) < 4.78 is 30.3. The number of azide groups is 1. The van der Waals surface area contributed by atoms with Gasteiger partial charge in [-0.3, -0.25) is 31.7 Å². The van der Waals surface area contributed by atoms with Gasteiger partial charge in [-0.15, -0.1) is 0 Å². The molecule has 0 aromatic heterocycles. The van der Waals surface area contributed by atoms with E-state index < -0.39 is 70.2 Å². The van der Waals surface area contributed by atoms with E-state index in [-0.39, 0.29) is 35.9 Å². The Kier molecular flexibility index (Phi) is 30.7. The maximum atomic E-state index is 11.8. The minimum atomic E-state index is -0.757. The summed E-state index contributed by atoms with van der Waals surface area (Å²) in [4.78, 5) is 83.2. The molecule has 0 heterocycles. The van der Waals surface area contributed by atoms with Gasteiger partial charge in [0.25, 0.3) is 0 Å². The molecule has 0 rings (SSSR count). The molecule has 6 amide bonds. The topological polar surface area (TPSA) is 342 Å². The summed E-state index contributed by atoms with van der Waals surface area (Å²) in [5.41, 5.74) is 9.06. The van der Waals surface area contributed by atoms with E-state index in [0.29, 0.717) is 6.42 Å². The van der Waals surface area contributed by atoms with Crippen molar-refractivity contribution in [1.29, 1.82) is 5.41 Å². The van der Waals surface area contributed by atoms with Crippen LogP contribution in [0, 0.1) is 5.41 Å². The number of guanidine groups is 1. The molecule has 0 aromatic carbocycles. The van der Waals surface area contributed by atoms with Crippen LogP contribution in [0.5, 0.6) is 0 Å². The number of hydrogen-bond donors (Lipinski definition) is 6. The van der Waals surface area contributed by atoms with Gasteiger partial charge < -0.3 is 34.2 Å². The quantitative estimate of drug-likeness (QED) is 0.0291. The Bertz CT molecular complexity index is 1670. The second-order valence-electron chi connectivity index (χ2n) is 19.0. The molecule has 0 saturated heterocycles. The van der Waals surface area contributed by atoms with E-state index in [2.05, 4.69) is 46.3 Å². The van der Waals surface area contributed by atoms with E-state index in [0.717, 1.165) is 11.8 Å². The highest BCUT2D eigenvalue weighted by Crippen LogP contribution is 2.12. The predicted octanol–water partition coefficient (Wildman–Crippen LogP) is 9.06. The van der Waals surface area contributed by atoms with Crippen LogP contribution >= 0.6 is 11.8 Å². The van der Waals surface area contributed by atoms with Gasteiger partial charge in [0.2, 0.25) is 5.96 Å². The van der Waals surface area contributed by atoms with Crippen molar-refractivity contribution >= 4 is 71.1 Å². The Morgan fingerprint density at radius 3 is 1.17 bits per heavy atom. The van der Waals surface area contributed by atoms with Crippen molar-refractivity contribution in [1.82, 2.24) is 21.3 Å². The molecular formula is C40H76N12O12S. The number of hydrogen-bond acceptors (Lipinski definition) is 16. The first-order chi connectivity index (χ1) is 29.0. The summed E-state index contributed by atoms with van der Waals surface area (Å²) >= 11 is 1.12. The van der Waals surface area contributed by atoms with Gasteiger partial charge in [0.1, 0.15) is 39.4 Å². The van der Waals surface area contributed by atoms with E-state index >= 15 is 0 Å². The van der Waals surface area contributed by atoms with E-state index in [1.165, 1.54) is 13.8 Å². The van der Waals surface area contributed by atoms with E-state index in [1.54, 1.807) is 131 Å². The fraction of sp³-hybridized carbons (Fsp3) is 0.750. The first-order valence-electron chi connectivity index (χ1n) is 20.0. The maximum Gasteiger partial charge on any atom is 0.436 e. The monoisotopic (exact) mass is 949 g/mol. The third-order valence-corrected chi connectivity index (χ3v) is 5.29. The van der Waals surface area contributed by atoms with Crippen molar-refractivity contribution < 1.29 is 57.2 Å². The summed E-state index contributed by atoms with van der Waals surface area (Å²) in [7, 11) is 0. The summed E-state index contributed by atoms with van der Waals surface area (Å²) in [6.07, 6.45) is -2.21. The molecule has 374 valence electrons. The smallest absolute Gasteiger partial charge is 0.436 e. The Morgan fingerprint density at radius 2 is 0.862 bits per heavy atom. The molecule has 25 heteroatoms. The molecule has 0 aliphatic rings. The lowest BCUT2D eigenvalue weighted by Gasteiger charge is -2.22. The summed E-state index contributed by atoms with van der Waals surface area (Å²) in [5.74, 6) is 0.193. The number of rotatable bonds is 4. The fourth-order valence-corrected chi connectivity index (χ4v) is 3.42. The lowest BCUT2D eigenvalue weighted by molar-refractivity contribution is 0.0528. The molecule has 0 aromatic rings. The maximum absolute atomic E-state index is 11.8. The van der Waals surface area contributed by atoms with Crippen molar-refractivity contribution in [2.45, 2.75) is 179 Å². The van der Waals surface area contributed by atoms with Crippen LogP contribution in [0.25, 0.3) is 10.4 Å². The summed E-state index contributed by atoms with van der Waals surface area (Å²) in [5, 5.41) is 19.2. The number of aliphatic imine (C=N–C) groups is 3. The van der Waals surface area contributed by atoms with E-state index in [4.69, 9.17) is 45.1 Å². The Hall–Kier alpha value is -5.84. The normalized spacial score (nSPS) is 11.8. The molecule has 0 unspecified atom stereocenters. The molecular weight excluding hydrogens is 873 g/mol. The van der Waals surface area contributed by atoms with Gasteiger partial charge in [-0.1, -0.05) is 16.9 Å².